The van der Waals surface area contributed by atoms with Gasteiger partial charge in [-0.1, -0.05) is 42.5 Å². The Labute approximate surface area is 145 Å². The normalized spacial score (nSPS) is 11.9. The van der Waals surface area contributed by atoms with Crippen molar-refractivity contribution in [1.82, 2.24) is 0 Å². The molecule has 0 N–H and O–H groups in total. The van der Waals surface area contributed by atoms with Gasteiger partial charge >= 0.3 is 0 Å². The van der Waals surface area contributed by atoms with E-state index >= 15 is 0 Å². The van der Waals surface area contributed by atoms with Crippen molar-refractivity contribution < 1.29 is 9.30 Å². The van der Waals surface area contributed by atoms with E-state index in [4.69, 9.17) is 11.3 Å². The number of ether oxygens (including phenoxy) is 1. The van der Waals surface area contributed by atoms with Gasteiger partial charge in [0, 0.05) is 11.5 Å². The van der Waals surface area contributed by atoms with Crippen LogP contribution in [0.3, 0.4) is 0 Å². The molecule has 0 amide bonds. The predicted molar refractivity (Wildman–Crippen MR) is 99.1 cm³/mol. The number of benzene rings is 3. The Morgan fingerprint density at radius 2 is 1.84 bits per heavy atom. The summed E-state index contributed by atoms with van der Waals surface area (Å²) in [4.78, 5) is 3.83. The molecule has 4 aromatic rings. The molecule has 3 heteroatoms. The summed E-state index contributed by atoms with van der Waals surface area (Å²) in [6.45, 7) is 9.87. The zero-order valence-corrected chi connectivity index (χ0v) is 14.0. The second-order valence-corrected chi connectivity index (χ2v) is 6.43. The molecule has 3 nitrogen and oxygen atoms in total. The molecule has 0 aliphatic carbocycles. The minimum absolute atomic E-state index is 0.578. The summed E-state index contributed by atoms with van der Waals surface area (Å²) < 4.78 is 8.43. The summed E-state index contributed by atoms with van der Waals surface area (Å²) in [6, 6.07) is 18.4. The average Bonchev–Trinajstić information content (AvgIpc) is 2.64. The maximum absolute atomic E-state index is 7.76. The molecule has 0 spiro atoms. The molecule has 0 bridgehead atoms. The van der Waals surface area contributed by atoms with Crippen LogP contribution in [0.4, 0.5) is 5.69 Å². The van der Waals surface area contributed by atoms with E-state index in [1.165, 1.54) is 5.56 Å². The van der Waals surface area contributed by atoms with Gasteiger partial charge in [0.05, 0.1) is 17.5 Å². The molecule has 1 aliphatic heterocycles. The number of rotatable bonds is 0. The van der Waals surface area contributed by atoms with Crippen molar-refractivity contribution >= 4 is 27.4 Å². The molecule has 1 aliphatic rings. The largest absolute Gasteiger partial charge is 0.461 e. The van der Waals surface area contributed by atoms with Gasteiger partial charge in [0.25, 0.3) is 0 Å². The van der Waals surface area contributed by atoms with E-state index in [2.05, 4.69) is 40.6 Å². The maximum Gasteiger partial charge on any atom is 0.249 e. The van der Waals surface area contributed by atoms with Crippen molar-refractivity contribution in [1.29, 1.82) is 0 Å². The Kier molecular flexibility index (Phi) is 2.69. The highest BCUT2D eigenvalue weighted by Crippen LogP contribution is 2.51. The number of aromatic nitrogens is 1. The summed E-state index contributed by atoms with van der Waals surface area (Å²) in [5.74, 6) is 1.48. The minimum Gasteiger partial charge on any atom is -0.461 e. The van der Waals surface area contributed by atoms with E-state index in [1.807, 2.05) is 37.4 Å². The van der Waals surface area contributed by atoms with Crippen LogP contribution in [0.5, 0.6) is 11.5 Å². The minimum atomic E-state index is 0.578. The average molecular weight is 323 g/mol. The molecule has 0 unspecified atom stereocenters. The van der Waals surface area contributed by atoms with Gasteiger partial charge in [0.15, 0.2) is 0 Å². The molecule has 0 saturated heterocycles. The number of hydrogen-bond donors (Lipinski definition) is 0. The Hall–Kier alpha value is -3.38. The SMILES string of the molecule is [C-]#[N+]c1c2c([n+](C)c3ccccc13)-c1c(C)ccc3cccc(c13)O2. The molecule has 1 aromatic heterocycles. The highest BCUT2D eigenvalue weighted by molar-refractivity contribution is 6.07. The summed E-state index contributed by atoms with van der Waals surface area (Å²) in [5.41, 5.74) is 4.94. The standard InChI is InChI=1S/C22H15N2O/c1-13-11-12-14-7-6-10-17-19(14)18(13)21-22(25-17)20(23-2)15-8-4-5-9-16(15)24(21)3/h4-12H,1,3H3/q+1. The zero-order valence-electron chi connectivity index (χ0n) is 14.0. The number of para-hydroxylation sites is 1. The molecule has 25 heavy (non-hydrogen) atoms. The third-order valence-corrected chi connectivity index (χ3v) is 5.06. The molecule has 0 atom stereocenters. The Bertz CT molecular complexity index is 1250. The lowest BCUT2D eigenvalue weighted by Gasteiger charge is -2.22. The van der Waals surface area contributed by atoms with Crippen molar-refractivity contribution in [3.63, 3.8) is 0 Å². The third-order valence-electron chi connectivity index (χ3n) is 5.06. The summed E-state index contributed by atoms with van der Waals surface area (Å²) in [7, 11) is 2.05. The maximum atomic E-state index is 7.76. The van der Waals surface area contributed by atoms with E-state index in [0.717, 1.165) is 38.7 Å². The van der Waals surface area contributed by atoms with Crippen molar-refractivity contribution in [2.75, 3.05) is 0 Å². The van der Waals surface area contributed by atoms with Gasteiger partial charge < -0.3 is 4.74 Å². The first kappa shape index (κ1) is 14.0. The predicted octanol–water partition coefficient (Wildman–Crippen LogP) is 5.45. The smallest absolute Gasteiger partial charge is 0.249 e. The number of fused-ring (bicyclic) bond motifs is 3. The van der Waals surface area contributed by atoms with Crippen LogP contribution < -0.4 is 9.30 Å². The van der Waals surface area contributed by atoms with Gasteiger partial charge in [-0.3, -0.25) is 0 Å². The fourth-order valence-electron chi connectivity index (χ4n) is 3.91. The van der Waals surface area contributed by atoms with Crippen LogP contribution in [0.15, 0.2) is 54.6 Å². The third kappa shape index (κ3) is 1.71. The number of nitrogens with zero attached hydrogens (tertiary/aromatic N) is 2. The van der Waals surface area contributed by atoms with E-state index < -0.39 is 0 Å². The van der Waals surface area contributed by atoms with Crippen LogP contribution in [0.2, 0.25) is 0 Å². The van der Waals surface area contributed by atoms with Gasteiger partial charge in [0.2, 0.25) is 22.6 Å². The van der Waals surface area contributed by atoms with Crippen molar-refractivity contribution in [3.05, 3.63) is 71.6 Å². The molecular weight excluding hydrogens is 308 g/mol. The summed E-state index contributed by atoms with van der Waals surface area (Å²) in [5, 5.41) is 3.20. The van der Waals surface area contributed by atoms with E-state index in [-0.39, 0.29) is 0 Å². The lowest BCUT2D eigenvalue weighted by atomic mass is 9.92. The number of aryl methyl sites for hydroxylation is 2. The summed E-state index contributed by atoms with van der Waals surface area (Å²) in [6.07, 6.45) is 0. The molecule has 118 valence electrons. The number of hydrogen-bond acceptors (Lipinski definition) is 1. The second kappa shape index (κ2) is 4.81. The van der Waals surface area contributed by atoms with Gasteiger partial charge in [-0.15, -0.1) is 0 Å². The second-order valence-electron chi connectivity index (χ2n) is 6.43. The topological polar surface area (TPSA) is 17.5 Å². The van der Waals surface area contributed by atoms with Crippen LogP contribution in [0.25, 0.3) is 37.8 Å². The highest BCUT2D eigenvalue weighted by atomic mass is 16.5. The van der Waals surface area contributed by atoms with E-state index in [1.54, 1.807) is 0 Å². The van der Waals surface area contributed by atoms with Crippen molar-refractivity contribution in [2.24, 2.45) is 7.05 Å². The number of pyridine rings is 1. The molecule has 2 heterocycles. The lowest BCUT2D eigenvalue weighted by Crippen LogP contribution is -2.33. The van der Waals surface area contributed by atoms with Crippen LogP contribution in [-0.4, -0.2) is 0 Å². The fourth-order valence-corrected chi connectivity index (χ4v) is 3.91. The Morgan fingerprint density at radius 1 is 1.00 bits per heavy atom. The van der Waals surface area contributed by atoms with Crippen LogP contribution >= 0.6 is 0 Å². The fraction of sp³-hybridized carbons (Fsp3) is 0.0909. The molecule has 0 saturated carbocycles. The first-order valence-electron chi connectivity index (χ1n) is 8.23. The monoisotopic (exact) mass is 323 g/mol. The quantitative estimate of drug-likeness (QED) is 0.274. The van der Waals surface area contributed by atoms with E-state index in [9.17, 15) is 0 Å². The molecular formula is C22H15N2O+. The first-order chi connectivity index (χ1) is 12.2. The molecule has 5 rings (SSSR count). The van der Waals surface area contributed by atoms with Gasteiger partial charge in [0.1, 0.15) is 12.8 Å². The van der Waals surface area contributed by atoms with Gasteiger partial charge in [-0.05, 0) is 23.9 Å². The Morgan fingerprint density at radius 3 is 2.68 bits per heavy atom. The van der Waals surface area contributed by atoms with Crippen LogP contribution in [0.1, 0.15) is 5.56 Å². The zero-order chi connectivity index (χ0) is 17.1. The molecule has 0 fully saturated rings. The molecule has 3 aromatic carbocycles. The van der Waals surface area contributed by atoms with E-state index in [0.29, 0.717) is 11.4 Å². The van der Waals surface area contributed by atoms with Crippen molar-refractivity contribution in [2.45, 2.75) is 6.92 Å². The van der Waals surface area contributed by atoms with Crippen LogP contribution in [0, 0.1) is 13.5 Å². The lowest BCUT2D eigenvalue weighted by molar-refractivity contribution is -0.633. The Balaban J connectivity index is 2.08. The molecule has 0 radical (unpaired) electrons. The highest BCUT2D eigenvalue weighted by Gasteiger charge is 2.33. The summed E-state index contributed by atoms with van der Waals surface area (Å²) >= 11 is 0. The first-order valence-corrected chi connectivity index (χ1v) is 8.23. The van der Waals surface area contributed by atoms with Crippen molar-refractivity contribution in [3.8, 4) is 22.8 Å². The van der Waals surface area contributed by atoms with Crippen LogP contribution in [-0.2, 0) is 7.05 Å². The van der Waals surface area contributed by atoms with Gasteiger partial charge in [-0.2, -0.15) is 4.57 Å². The van der Waals surface area contributed by atoms with Gasteiger partial charge in [-0.25, -0.2) is 4.85 Å².